The van der Waals surface area contributed by atoms with Gasteiger partial charge in [-0.25, -0.2) is 0 Å². The van der Waals surface area contributed by atoms with Gasteiger partial charge in [-0.05, 0) is 38.3 Å². The molecule has 30 heavy (non-hydrogen) atoms. The van der Waals surface area contributed by atoms with Crippen LogP contribution in [0.4, 0.5) is 18.9 Å². The molecule has 1 N–H and O–H groups in total. The summed E-state index contributed by atoms with van der Waals surface area (Å²) >= 11 is 0. The van der Waals surface area contributed by atoms with E-state index in [4.69, 9.17) is 0 Å². The normalized spacial score (nSPS) is 20.2. The zero-order valence-corrected chi connectivity index (χ0v) is 17.5. The van der Waals surface area contributed by atoms with E-state index in [0.717, 1.165) is 24.9 Å². The highest BCUT2D eigenvalue weighted by molar-refractivity contribution is 5.98. The Morgan fingerprint density at radius 2 is 2.00 bits per heavy atom. The average molecular weight is 429 g/mol. The second-order valence-electron chi connectivity index (χ2n) is 7.94. The monoisotopic (exact) mass is 429 g/mol. The Labute approximate surface area is 174 Å². The van der Waals surface area contributed by atoms with Crippen LogP contribution >= 0.6 is 0 Å². The maximum atomic E-state index is 12.6. The first-order valence-corrected chi connectivity index (χ1v) is 10.3. The average Bonchev–Trinajstić information content (AvgIpc) is 3.11. The Kier molecular flexibility index (Phi) is 7.22. The van der Waals surface area contributed by atoms with Crippen molar-refractivity contribution < 1.29 is 18.0 Å². The van der Waals surface area contributed by atoms with Crippen LogP contribution in [0.3, 0.4) is 0 Å². The second-order valence-corrected chi connectivity index (χ2v) is 7.94. The van der Waals surface area contributed by atoms with Gasteiger partial charge in [0.25, 0.3) is 0 Å². The Balaban J connectivity index is 1.40. The van der Waals surface area contributed by atoms with E-state index < -0.39 is 12.7 Å². The number of anilines is 1. The van der Waals surface area contributed by atoms with Crippen LogP contribution in [0.2, 0.25) is 0 Å². The number of hydrogen-bond donors (Lipinski definition) is 1. The molecular weight excluding hydrogens is 399 g/mol. The van der Waals surface area contributed by atoms with Gasteiger partial charge in [0.05, 0.1) is 18.4 Å². The van der Waals surface area contributed by atoms with Crippen molar-refractivity contribution in [3.8, 4) is 0 Å². The summed E-state index contributed by atoms with van der Waals surface area (Å²) in [5.41, 5.74) is 0.793. The number of piperidine rings is 1. The maximum absolute atomic E-state index is 12.6. The van der Waals surface area contributed by atoms with Crippen molar-refractivity contribution in [1.82, 2.24) is 24.9 Å². The number of halogens is 3. The van der Waals surface area contributed by atoms with Crippen molar-refractivity contribution in [2.24, 2.45) is 18.0 Å². The number of guanidine groups is 1. The number of aromatic nitrogens is 2. The fourth-order valence-electron chi connectivity index (χ4n) is 4.08. The molecule has 0 radical (unpaired) electrons. The van der Waals surface area contributed by atoms with Gasteiger partial charge in [-0.15, -0.1) is 0 Å². The number of piperazine rings is 1. The number of carbonyl (C=O) groups excluding carboxylic acids is 1. The molecule has 0 unspecified atom stereocenters. The van der Waals surface area contributed by atoms with E-state index in [0.29, 0.717) is 44.6 Å². The van der Waals surface area contributed by atoms with Gasteiger partial charge in [0, 0.05) is 39.9 Å². The van der Waals surface area contributed by atoms with Crippen molar-refractivity contribution in [1.29, 1.82) is 0 Å². The number of nitrogens with zero attached hydrogens (tertiary/aromatic N) is 6. The minimum atomic E-state index is -4.13. The number of likely N-dealkylation sites (tertiary alicyclic amines) is 1. The number of carbonyl (C=O) groups is 1. The zero-order valence-electron chi connectivity index (χ0n) is 17.5. The number of aliphatic imine (C=N–C) groups is 1. The van der Waals surface area contributed by atoms with E-state index in [1.165, 1.54) is 4.90 Å². The second kappa shape index (κ2) is 9.67. The van der Waals surface area contributed by atoms with E-state index in [2.05, 4.69) is 15.4 Å². The van der Waals surface area contributed by atoms with Crippen LogP contribution < -0.4 is 10.2 Å². The topological polar surface area (TPSA) is 69.0 Å². The highest BCUT2D eigenvalue weighted by Crippen LogP contribution is 2.24. The first kappa shape index (κ1) is 22.4. The van der Waals surface area contributed by atoms with E-state index >= 15 is 0 Å². The van der Waals surface area contributed by atoms with Crippen molar-refractivity contribution in [3.63, 3.8) is 0 Å². The molecule has 0 saturated carbocycles. The van der Waals surface area contributed by atoms with Gasteiger partial charge in [-0.2, -0.15) is 18.3 Å². The van der Waals surface area contributed by atoms with E-state index in [-0.39, 0.29) is 12.5 Å². The van der Waals surface area contributed by atoms with Crippen molar-refractivity contribution in [2.75, 3.05) is 57.8 Å². The van der Waals surface area contributed by atoms with E-state index in [1.807, 2.05) is 18.1 Å². The van der Waals surface area contributed by atoms with Crippen molar-refractivity contribution in [2.45, 2.75) is 25.4 Å². The first-order chi connectivity index (χ1) is 14.2. The van der Waals surface area contributed by atoms with Gasteiger partial charge in [-0.1, -0.05) is 0 Å². The van der Waals surface area contributed by atoms with E-state index in [9.17, 15) is 18.0 Å². The minimum Gasteiger partial charge on any atom is -0.356 e. The van der Waals surface area contributed by atoms with Crippen molar-refractivity contribution in [3.05, 3.63) is 12.4 Å². The summed E-state index contributed by atoms with van der Waals surface area (Å²) in [5, 5.41) is 7.43. The molecule has 0 spiro atoms. The van der Waals surface area contributed by atoms with E-state index in [1.54, 1.807) is 22.8 Å². The van der Waals surface area contributed by atoms with Gasteiger partial charge >= 0.3 is 6.18 Å². The number of nitrogens with one attached hydrogen (secondary N) is 1. The highest BCUT2D eigenvalue weighted by Gasteiger charge is 2.32. The number of hydrogen-bond acceptors (Lipinski definition) is 4. The highest BCUT2D eigenvalue weighted by atomic mass is 19.4. The van der Waals surface area contributed by atoms with Crippen LogP contribution in [0.5, 0.6) is 0 Å². The fraction of sp³-hybridized carbons (Fsp3) is 0.737. The van der Waals surface area contributed by atoms with Gasteiger partial charge in [0.15, 0.2) is 5.96 Å². The third-order valence-corrected chi connectivity index (χ3v) is 5.68. The molecule has 1 aromatic heterocycles. The van der Waals surface area contributed by atoms with Crippen LogP contribution in [0.25, 0.3) is 0 Å². The third-order valence-electron chi connectivity index (χ3n) is 5.68. The lowest BCUT2D eigenvalue weighted by molar-refractivity contribution is -0.148. The fourth-order valence-corrected chi connectivity index (χ4v) is 4.08. The van der Waals surface area contributed by atoms with Gasteiger partial charge in [-0.3, -0.25) is 19.4 Å². The lowest BCUT2D eigenvalue weighted by atomic mass is 9.93. The minimum absolute atomic E-state index is 0.00534. The molecule has 3 rings (SSSR count). The Hall–Kier alpha value is -2.30. The Bertz CT molecular complexity index is 741. The predicted octanol–water partition coefficient (Wildman–Crippen LogP) is 1.31. The molecule has 3 heterocycles. The standard InChI is InChI=1S/C19H30F3N7O/c1-23-18(24-6-3-15-4-7-27(8-5-15)14-19(20,21)22)28-9-10-29(17(30)13-28)16-11-25-26(2)12-16/h11-12,15H,3-10,13-14H2,1-2H3,(H,23,24). The molecule has 2 fully saturated rings. The predicted molar refractivity (Wildman–Crippen MR) is 108 cm³/mol. The summed E-state index contributed by atoms with van der Waals surface area (Å²) in [7, 11) is 3.51. The molecule has 1 amide bonds. The molecule has 168 valence electrons. The molecule has 0 aliphatic carbocycles. The summed E-state index contributed by atoms with van der Waals surface area (Å²) in [6, 6.07) is 0. The number of aryl methyl sites for hydroxylation is 1. The van der Waals surface area contributed by atoms with Crippen LogP contribution in [-0.4, -0.2) is 90.5 Å². The molecule has 2 saturated heterocycles. The molecule has 2 aliphatic rings. The van der Waals surface area contributed by atoms with Gasteiger partial charge < -0.3 is 15.1 Å². The third kappa shape index (κ3) is 6.10. The molecular formula is C19H30F3N7O. The van der Waals surface area contributed by atoms with Gasteiger partial charge in [0.2, 0.25) is 5.91 Å². The number of rotatable bonds is 5. The number of amides is 1. The largest absolute Gasteiger partial charge is 0.401 e. The Morgan fingerprint density at radius 3 is 2.57 bits per heavy atom. The Morgan fingerprint density at radius 1 is 1.27 bits per heavy atom. The summed E-state index contributed by atoms with van der Waals surface area (Å²) in [6.07, 6.45) is 1.81. The molecule has 1 aromatic rings. The summed E-state index contributed by atoms with van der Waals surface area (Å²) < 4.78 is 39.1. The first-order valence-electron chi connectivity index (χ1n) is 10.3. The van der Waals surface area contributed by atoms with Gasteiger partial charge in [0.1, 0.15) is 6.54 Å². The van der Waals surface area contributed by atoms with Crippen LogP contribution in [-0.2, 0) is 11.8 Å². The molecule has 8 nitrogen and oxygen atoms in total. The molecule has 11 heteroatoms. The zero-order chi connectivity index (χ0) is 21.7. The maximum Gasteiger partial charge on any atom is 0.401 e. The number of alkyl halides is 3. The summed E-state index contributed by atoms with van der Waals surface area (Å²) in [6.45, 7) is 2.31. The quantitative estimate of drug-likeness (QED) is 0.565. The molecule has 2 aliphatic heterocycles. The van der Waals surface area contributed by atoms with Crippen LogP contribution in [0.15, 0.2) is 17.4 Å². The smallest absolute Gasteiger partial charge is 0.356 e. The van der Waals surface area contributed by atoms with Crippen molar-refractivity contribution >= 4 is 17.6 Å². The lowest BCUT2D eigenvalue weighted by Gasteiger charge is -2.36. The van der Waals surface area contributed by atoms with Crippen LogP contribution in [0.1, 0.15) is 19.3 Å². The molecule has 0 atom stereocenters. The molecule has 0 bridgehead atoms. The summed E-state index contributed by atoms with van der Waals surface area (Å²) in [5.74, 6) is 1.09. The van der Waals surface area contributed by atoms with Crippen LogP contribution in [0, 0.1) is 5.92 Å². The summed E-state index contributed by atoms with van der Waals surface area (Å²) in [4.78, 5) is 22.0. The SMILES string of the molecule is CN=C(NCCC1CCN(CC(F)(F)F)CC1)N1CCN(c2cnn(C)c2)C(=O)C1. The molecule has 0 aromatic carbocycles. The lowest BCUT2D eigenvalue weighted by Crippen LogP contribution is -2.55.